The lowest BCUT2D eigenvalue weighted by Crippen LogP contribution is -2.67. The molecule has 138 valence electrons. The van der Waals surface area contributed by atoms with E-state index in [0.717, 1.165) is 50.0 Å². The van der Waals surface area contributed by atoms with Crippen LogP contribution in [0.25, 0.3) is 10.9 Å². The minimum Gasteiger partial charge on any atom is -0.468 e. The molecule has 6 rings (SSSR count). The predicted molar refractivity (Wildman–Crippen MR) is 99.0 cm³/mol. The van der Waals surface area contributed by atoms with Crippen LogP contribution in [0, 0.1) is 11.8 Å². The Balaban J connectivity index is 1.77. The molecule has 4 heterocycles. The highest BCUT2D eigenvalue weighted by atomic mass is 16.5. The number of ether oxygens (including phenoxy) is 1. The summed E-state index contributed by atoms with van der Waals surface area (Å²) in [5.41, 5.74) is 2.82. The zero-order valence-electron chi connectivity index (χ0n) is 15.2. The number of hydrogen-bond acceptors (Lipinski definition) is 4. The van der Waals surface area contributed by atoms with Crippen molar-refractivity contribution in [3.05, 3.63) is 35.5 Å². The Kier molecular flexibility index (Phi) is 3.66. The number of rotatable bonds is 3. The minimum atomic E-state index is -0.638. The summed E-state index contributed by atoms with van der Waals surface area (Å²) in [6.45, 7) is 2.21. The van der Waals surface area contributed by atoms with Gasteiger partial charge in [-0.1, -0.05) is 18.2 Å². The van der Waals surface area contributed by atoms with E-state index in [0.29, 0.717) is 11.8 Å². The van der Waals surface area contributed by atoms with Crippen LogP contribution in [0.5, 0.6) is 0 Å². The van der Waals surface area contributed by atoms with Crippen LogP contribution in [-0.4, -0.2) is 53.8 Å². The van der Waals surface area contributed by atoms with Crippen molar-refractivity contribution in [1.82, 2.24) is 9.88 Å². The van der Waals surface area contributed by atoms with Crippen LogP contribution in [0.4, 0.5) is 0 Å². The van der Waals surface area contributed by atoms with E-state index in [1.165, 1.54) is 18.1 Å². The normalized spacial score (nSPS) is 35.2. The quantitative estimate of drug-likeness (QED) is 0.830. The minimum absolute atomic E-state index is 0.112. The monoisotopic (exact) mass is 354 g/mol. The Bertz CT molecular complexity index is 860. The molecule has 0 spiro atoms. The summed E-state index contributed by atoms with van der Waals surface area (Å²) in [5.74, 6) is 0.700. The lowest BCUT2D eigenvalue weighted by atomic mass is 9.56. The van der Waals surface area contributed by atoms with Crippen LogP contribution in [0.1, 0.15) is 30.5 Å². The first kappa shape index (κ1) is 16.3. The van der Waals surface area contributed by atoms with Crippen molar-refractivity contribution in [3.8, 4) is 0 Å². The smallest absolute Gasteiger partial charge is 0.319 e. The average Bonchev–Trinajstić information content (AvgIpc) is 3.00. The molecular weight excluding hydrogens is 328 g/mol. The van der Waals surface area contributed by atoms with Gasteiger partial charge >= 0.3 is 5.97 Å². The maximum Gasteiger partial charge on any atom is 0.319 e. The third kappa shape index (κ3) is 2.01. The first-order valence-corrected chi connectivity index (χ1v) is 9.72. The number of para-hydroxylation sites is 1. The van der Waals surface area contributed by atoms with Gasteiger partial charge in [0.25, 0.3) is 0 Å². The van der Waals surface area contributed by atoms with Crippen molar-refractivity contribution in [2.24, 2.45) is 11.8 Å². The molecule has 1 aromatic heterocycles. The van der Waals surface area contributed by atoms with E-state index in [-0.39, 0.29) is 18.6 Å². The molecule has 2 saturated heterocycles. The fourth-order valence-electron chi connectivity index (χ4n) is 6.32. The van der Waals surface area contributed by atoms with Gasteiger partial charge in [0, 0.05) is 42.3 Å². The molecule has 2 N–H and O–H groups in total. The van der Waals surface area contributed by atoms with Crippen molar-refractivity contribution in [2.45, 2.75) is 37.1 Å². The number of piperidine rings is 2. The molecule has 1 saturated carbocycles. The van der Waals surface area contributed by atoms with E-state index in [1.54, 1.807) is 0 Å². The van der Waals surface area contributed by atoms with Gasteiger partial charge in [-0.05, 0) is 49.1 Å². The number of aromatic amines is 1. The lowest BCUT2D eigenvalue weighted by molar-refractivity contribution is -0.162. The number of fused-ring (bicyclic) bond motifs is 4. The number of nitrogens with zero attached hydrogens (tertiary/aromatic N) is 1. The molecule has 4 aliphatic rings. The fourth-order valence-corrected chi connectivity index (χ4v) is 6.32. The zero-order valence-corrected chi connectivity index (χ0v) is 15.2. The SMILES string of the molecule is COC(=O)C12C[C@H]3CC(CCO)C1N(CCc1c2[nH]c2ccccc12)C3. The number of methoxy groups -OCH3 is 1. The summed E-state index contributed by atoms with van der Waals surface area (Å²) >= 11 is 0. The number of esters is 1. The molecule has 1 aliphatic carbocycles. The highest BCUT2D eigenvalue weighted by Gasteiger charge is 2.62. The van der Waals surface area contributed by atoms with Crippen LogP contribution < -0.4 is 0 Å². The third-order valence-electron chi connectivity index (χ3n) is 7.04. The maximum absolute atomic E-state index is 13.3. The summed E-state index contributed by atoms with van der Waals surface area (Å²) < 4.78 is 5.41. The first-order chi connectivity index (χ1) is 12.7. The zero-order chi connectivity index (χ0) is 17.9. The van der Waals surface area contributed by atoms with E-state index < -0.39 is 5.41 Å². The Labute approximate surface area is 153 Å². The molecule has 5 atom stereocenters. The highest BCUT2D eigenvalue weighted by Crippen LogP contribution is 2.55. The van der Waals surface area contributed by atoms with Gasteiger partial charge in [0.15, 0.2) is 0 Å². The number of aromatic nitrogens is 1. The van der Waals surface area contributed by atoms with E-state index in [1.807, 2.05) is 6.07 Å². The molecule has 3 fully saturated rings. The molecule has 1 aromatic carbocycles. The summed E-state index contributed by atoms with van der Waals surface area (Å²) in [6, 6.07) is 8.47. The number of hydrogen-bond donors (Lipinski definition) is 2. The van der Waals surface area contributed by atoms with E-state index >= 15 is 0 Å². The second-order valence-corrected chi connectivity index (χ2v) is 8.26. The van der Waals surface area contributed by atoms with Crippen LogP contribution >= 0.6 is 0 Å². The van der Waals surface area contributed by atoms with Gasteiger partial charge in [-0.3, -0.25) is 9.69 Å². The number of aliphatic hydroxyl groups excluding tert-OH is 1. The number of benzene rings is 1. The summed E-state index contributed by atoms with van der Waals surface area (Å²) in [4.78, 5) is 19.4. The molecule has 4 bridgehead atoms. The van der Waals surface area contributed by atoms with E-state index in [2.05, 4.69) is 28.1 Å². The van der Waals surface area contributed by atoms with Gasteiger partial charge < -0.3 is 14.8 Å². The standard InChI is InChI=1S/C21H26N2O3/c1-26-20(25)21-11-13-10-14(7-9-24)19(21)23(12-13)8-6-16-15-4-2-3-5-17(15)22-18(16)21/h2-5,13-14,19,22,24H,6-12H2,1H3/t13-,14?,19?,21?/m1/s1. The third-order valence-corrected chi connectivity index (χ3v) is 7.04. The highest BCUT2D eigenvalue weighted by molar-refractivity contribution is 5.91. The van der Waals surface area contributed by atoms with Crippen molar-refractivity contribution in [3.63, 3.8) is 0 Å². The van der Waals surface area contributed by atoms with Gasteiger partial charge in [0.2, 0.25) is 0 Å². The van der Waals surface area contributed by atoms with Crippen molar-refractivity contribution >= 4 is 16.9 Å². The fraction of sp³-hybridized carbons (Fsp3) is 0.571. The van der Waals surface area contributed by atoms with E-state index in [9.17, 15) is 9.90 Å². The van der Waals surface area contributed by atoms with Gasteiger partial charge in [-0.15, -0.1) is 0 Å². The lowest BCUT2D eigenvalue weighted by Gasteiger charge is -2.57. The molecule has 26 heavy (non-hydrogen) atoms. The number of carbonyl (C=O) groups excluding carboxylic acids is 1. The van der Waals surface area contributed by atoms with Crippen LogP contribution in [0.15, 0.2) is 24.3 Å². The van der Waals surface area contributed by atoms with Gasteiger partial charge in [0.05, 0.1) is 7.11 Å². The summed E-state index contributed by atoms with van der Waals surface area (Å²) in [7, 11) is 1.51. The number of nitrogens with one attached hydrogen (secondary N) is 1. The summed E-state index contributed by atoms with van der Waals surface area (Å²) in [5, 5.41) is 10.9. The summed E-state index contributed by atoms with van der Waals surface area (Å²) in [6.07, 6.45) is 3.66. The molecule has 4 unspecified atom stereocenters. The Hall–Kier alpha value is -1.85. The first-order valence-electron chi connectivity index (χ1n) is 9.72. The Morgan fingerprint density at radius 3 is 3.08 bits per heavy atom. The van der Waals surface area contributed by atoms with Crippen LogP contribution in [-0.2, 0) is 21.4 Å². The number of H-pyrrole nitrogens is 1. The molecule has 0 radical (unpaired) electrons. The predicted octanol–water partition coefficient (Wildman–Crippen LogP) is 2.23. The molecule has 5 heteroatoms. The largest absolute Gasteiger partial charge is 0.468 e. The Morgan fingerprint density at radius 1 is 1.42 bits per heavy atom. The maximum atomic E-state index is 13.3. The molecular formula is C21H26N2O3. The van der Waals surface area contributed by atoms with Gasteiger partial charge in [-0.2, -0.15) is 0 Å². The number of aliphatic hydroxyl groups is 1. The van der Waals surface area contributed by atoms with Crippen LogP contribution in [0.3, 0.4) is 0 Å². The van der Waals surface area contributed by atoms with Gasteiger partial charge in [-0.25, -0.2) is 0 Å². The molecule has 0 amide bonds. The average molecular weight is 354 g/mol. The van der Waals surface area contributed by atoms with Crippen molar-refractivity contribution in [2.75, 3.05) is 26.8 Å². The second-order valence-electron chi connectivity index (χ2n) is 8.26. The number of carbonyl (C=O) groups is 1. The second kappa shape index (κ2) is 5.83. The van der Waals surface area contributed by atoms with Crippen LogP contribution in [0.2, 0.25) is 0 Å². The van der Waals surface area contributed by atoms with Crippen molar-refractivity contribution < 1.29 is 14.6 Å². The topological polar surface area (TPSA) is 65.6 Å². The van der Waals surface area contributed by atoms with Crippen molar-refractivity contribution in [1.29, 1.82) is 0 Å². The van der Waals surface area contributed by atoms with Gasteiger partial charge in [0.1, 0.15) is 5.41 Å². The Morgan fingerprint density at radius 2 is 2.27 bits per heavy atom. The molecule has 5 nitrogen and oxygen atoms in total. The molecule has 3 aliphatic heterocycles. The molecule has 2 aromatic rings. The van der Waals surface area contributed by atoms with E-state index in [4.69, 9.17) is 4.74 Å².